The molecule has 0 aromatic carbocycles. The van der Waals surface area contributed by atoms with Crippen molar-refractivity contribution < 1.29 is 58.6 Å². The molecule has 0 saturated heterocycles. The van der Waals surface area contributed by atoms with E-state index in [9.17, 15) is 0 Å². The van der Waals surface area contributed by atoms with Crippen molar-refractivity contribution in [2.24, 2.45) is 5.34 Å². The Kier molecular flexibility index (Phi) is 63.3. The van der Waals surface area contributed by atoms with Gasteiger partial charge >= 0.3 is 29.6 Å². The Morgan fingerprint density at radius 3 is 1.80 bits per heavy atom. The maximum Gasteiger partial charge on any atom is 1.00 e. The van der Waals surface area contributed by atoms with Crippen LogP contribution in [0, 0.1) is 4.91 Å². The summed E-state index contributed by atoms with van der Waals surface area (Å²) in [5.41, 5.74) is 0. The smallest absolute Gasteiger partial charge is 1.00 e. The molecule has 0 aromatic rings. The molecule has 0 amide bonds. The second kappa shape index (κ2) is 19.2. The molecule has 31 valence electrons. The molecular weight excluding hydrogens is 266 g/mol. The van der Waals surface area contributed by atoms with Gasteiger partial charge < -0.3 is 6.63 Å². The van der Waals surface area contributed by atoms with E-state index in [-0.39, 0.29) is 53.4 Å². The molecule has 1 N–H and O–H groups in total. The number of rotatable bonds is 0. The molecule has 0 aliphatic heterocycles. The van der Waals surface area contributed by atoms with Crippen LogP contribution in [-0.2, 0) is 22.4 Å². The van der Waals surface area contributed by atoms with Crippen LogP contribution in [0.4, 0.5) is 0 Å². The SMILES string of the molecule is O=NO.[Au].[H-].[Na+]. The van der Waals surface area contributed by atoms with Crippen LogP contribution in [-0.4, -0.2) is 5.21 Å². The molecule has 0 unspecified atom stereocenters. The van der Waals surface area contributed by atoms with Crippen LogP contribution in [0.5, 0.6) is 0 Å². The minimum Gasteiger partial charge on any atom is -1.00 e. The Hall–Kier alpha value is 1.14. The van der Waals surface area contributed by atoms with Crippen LogP contribution in [0.1, 0.15) is 1.43 Å². The fraction of sp³-hybridized carbons (Fsp3) is 0. The minimum absolute atomic E-state index is 0. The summed E-state index contributed by atoms with van der Waals surface area (Å²) in [4.78, 5) is 8.11. The second-order valence-corrected chi connectivity index (χ2v) is 0.0816. The van der Waals surface area contributed by atoms with Gasteiger partial charge in [-0.15, -0.1) is 4.91 Å². The molecule has 0 bridgehead atoms. The number of hydrogen-bond acceptors (Lipinski definition) is 2. The Morgan fingerprint density at radius 2 is 1.80 bits per heavy atom. The number of hydrogen-bond donors (Lipinski definition) is 1. The second-order valence-electron chi connectivity index (χ2n) is 0.0816. The Balaban J connectivity index is -0.00000000667. The fourth-order valence-electron chi connectivity index (χ4n) is 0. The first-order valence-electron chi connectivity index (χ1n) is 0.383. The van der Waals surface area contributed by atoms with E-state index in [0.717, 1.165) is 0 Å². The van der Waals surface area contributed by atoms with Crippen LogP contribution in [0.15, 0.2) is 5.34 Å². The molecule has 0 aliphatic rings. The molecule has 0 aliphatic carbocycles. The number of nitrogens with zero attached hydrogens (tertiary/aromatic N) is 1. The van der Waals surface area contributed by atoms with E-state index in [2.05, 4.69) is 0 Å². The van der Waals surface area contributed by atoms with Crippen LogP contribution in [0.3, 0.4) is 0 Å². The van der Waals surface area contributed by atoms with E-state index in [0.29, 0.717) is 0 Å². The molecule has 1 radical (unpaired) electrons. The minimum atomic E-state index is 0. The van der Waals surface area contributed by atoms with E-state index >= 15 is 0 Å². The molecule has 0 saturated carbocycles. The van der Waals surface area contributed by atoms with Gasteiger partial charge in [0.15, 0.2) is 5.34 Å². The average molecular weight is 268 g/mol. The predicted molar refractivity (Wildman–Crippen MR) is 8.69 cm³/mol. The third-order valence-corrected chi connectivity index (χ3v) is 0. The standard InChI is InChI=1S/Au.HNO2.Na.H/c;2-1-3;;/h;(H,2,3);;/q;;+1;-1. The molecule has 0 rings (SSSR count). The third-order valence-electron chi connectivity index (χ3n) is 0. The normalized spacial score (nSPS) is 2.40. The first-order valence-corrected chi connectivity index (χ1v) is 0.383. The van der Waals surface area contributed by atoms with E-state index < -0.39 is 0 Å². The Morgan fingerprint density at radius 1 is 1.80 bits per heavy atom. The molecule has 0 atom stereocenters. The Bertz CT molecular complexity index is 21.0. The Labute approximate surface area is 68.3 Å². The van der Waals surface area contributed by atoms with Gasteiger partial charge in [0.1, 0.15) is 0 Å². The van der Waals surface area contributed by atoms with Gasteiger partial charge in [-0.1, -0.05) is 0 Å². The van der Waals surface area contributed by atoms with Crippen LogP contribution < -0.4 is 29.6 Å². The van der Waals surface area contributed by atoms with Crippen molar-refractivity contribution in [2.45, 2.75) is 0 Å². The zero-order valence-electron chi connectivity index (χ0n) is 3.60. The van der Waals surface area contributed by atoms with E-state index in [1.807, 2.05) is 0 Å². The van der Waals surface area contributed by atoms with Crippen molar-refractivity contribution >= 4 is 0 Å². The van der Waals surface area contributed by atoms with Crippen molar-refractivity contribution in [2.75, 3.05) is 0 Å². The van der Waals surface area contributed by atoms with Gasteiger partial charge in [0.2, 0.25) is 0 Å². The molecular formula is H2AuNNaO2. The summed E-state index contributed by atoms with van der Waals surface area (Å²) in [7, 11) is 0. The van der Waals surface area contributed by atoms with Gasteiger partial charge in [-0.2, -0.15) is 0 Å². The van der Waals surface area contributed by atoms with Gasteiger partial charge in [0.05, 0.1) is 0 Å². The van der Waals surface area contributed by atoms with Gasteiger partial charge in [0.25, 0.3) is 0 Å². The van der Waals surface area contributed by atoms with Crippen molar-refractivity contribution in [1.29, 1.82) is 0 Å². The molecule has 0 heterocycles. The van der Waals surface area contributed by atoms with E-state index in [1.54, 1.807) is 0 Å². The topological polar surface area (TPSA) is 49.7 Å². The first-order chi connectivity index (χ1) is 1.41. The molecule has 0 aromatic heterocycles. The summed E-state index contributed by atoms with van der Waals surface area (Å²) in [6.45, 7) is 0. The van der Waals surface area contributed by atoms with Crippen LogP contribution >= 0.6 is 0 Å². The molecule has 5 heavy (non-hydrogen) atoms. The summed E-state index contributed by atoms with van der Waals surface area (Å²) in [6.07, 6.45) is 0. The molecule has 0 spiro atoms. The molecule has 3 nitrogen and oxygen atoms in total. The average Bonchev–Trinajstić information content (AvgIpc) is 0.918. The summed E-state index contributed by atoms with van der Waals surface area (Å²) in [5.74, 6) is 0. The van der Waals surface area contributed by atoms with Gasteiger partial charge in [0, 0.05) is 22.4 Å². The van der Waals surface area contributed by atoms with E-state index in [4.69, 9.17) is 10.1 Å². The van der Waals surface area contributed by atoms with Gasteiger partial charge in [-0.25, -0.2) is 0 Å². The quantitative estimate of drug-likeness (QED) is 0.294. The van der Waals surface area contributed by atoms with Crippen LogP contribution in [0.25, 0.3) is 0 Å². The maximum atomic E-state index is 8.11. The zero-order valence-corrected chi connectivity index (χ0v) is 6.77. The third kappa shape index (κ3) is 39.0. The van der Waals surface area contributed by atoms with Crippen molar-refractivity contribution in [1.82, 2.24) is 0 Å². The monoisotopic (exact) mass is 268 g/mol. The van der Waals surface area contributed by atoms with Gasteiger partial charge in [-0.05, 0) is 0 Å². The molecule has 0 fully saturated rings. The largest absolute Gasteiger partial charge is 1.00 e. The first kappa shape index (κ1) is 16.5. The fourth-order valence-corrected chi connectivity index (χ4v) is 0. The molecule has 5 heteroatoms. The summed E-state index contributed by atoms with van der Waals surface area (Å²) in [6, 6.07) is 0. The summed E-state index contributed by atoms with van der Waals surface area (Å²) < 4.78 is 0. The maximum absolute atomic E-state index is 8.11. The zero-order chi connectivity index (χ0) is 2.71. The van der Waals surface area contributed by atoms with Crippen molar-refractivity contribution in [3.63, 3.8) is 0 Å². The summed E-state index contributed by atoms with van der Waals surface area (Å²) in [5, 5.41) is 7.89. The summed E-state index contributed by atoms with van der Waals surface area (Å²) >= 11 is 0. The predicted octanol–water partition coefficient (Wildman–Crippen LogP) is -2.74. The van der Waals surface area contributed by atoms with Crippen LogP contribution in [0.2, 0.25) is 0 Å². The van der Waals surface area contributed by atoms with E-state index in [1.165, 1.54) is 5.34 Å². The van der Waals surface area contributed by atoms with Crippen molar-refractivity contribution in [3.05, 3.63) is 4.91 Å². The van der Waals surface area contributed by atoms with Crippen molar-refractivity contribution in [3.8, 4) is 0 Å². The van der Waals surface area contributed by atoms with Gasteiger partial charge in [-0.3, -0.25) is 0 Å².